The molecule has 0 saturated heterocycles. The third-order valence-corrected chi connectivity index (χ3v) is 4.71. The highest BCUT2D eigenvalue weighted by molar-refractivity contribution is 5.79. The third kappa shape index (κ3) is 17.8. The Balaban J connectivity index is 3.04. The quantitative estimate of drug-likeness (QED) is 0.312. The van der Waals surface area contributed by atoms with Crippen molar-refractivity contribution in [1.82, 2.24) is 5.32 Å². The Morgan fingerprint density at radius 3 is 1.38 bits per heavy atom. The normalized spacial score (nSPS) is 12.3. The van der Waals surface area contributed by atoms with Crippen LogP contribution in [0.15, 0.2) is 0 Å². The molecule has 0 saturated carbocycles. The van der Waals surface area contributed by atoms with Gasteiger partial charge in [0.25, 0.3) is 0 Å². The van der Waals surface area contributed by atoms with Crippen LogP contribution in [0.3, 0.4) is 0 Å². The van der Waals surface area contributed by atoms with Crippen LogP contribution in [-0.4, -0.2) is 23.7 Å². The maximum atomic E-state index is 11.1. The van der Waals surface area contributed by atoms with E-state index >= 15 is 0 Å². The van der Waals surface area contributed by atoms with Crippen molar-refractivity contribution in [2.24, 2.45) is 0 Å². The number of hydrogen-bond acceptors (Lipinski definition) is 2. The van der Waals surface area contributed by atoms with E-state index < -0.39 is 6.10 Å². The number of carbonyl (C=O) groups excluding carboxylic acids is 1. The number of nitrogens with one attached hydrogen (secondary N) is 1. The molecule has 3 nitrogen and oxygen atoms in total. The molecule has 0 radical (unpaired) electrons. The summed E-state index contributed by atoms with van der Waals surface area (Å²) in [6.45, 7) is 4.48. The van der Waals surface area contributed by atoms with Crippen molar-refractivity contribution in [3.05, 3.63) is 0 Å². The van der Waals surface area contributed by atoms with Crippen molar-refractivity contribution in [1.29, 1.82) is 0 Å². The molecule has 2 N–H and O–H groups in total. The van der Waals surface area contributed by atoms with Crippen LogP contribution in [0, 0.1) is 0 Å². The zero-order chi connectivity index (χ0) is 17.9. The molecule has 0 aromatic rings. The highest BCUT2D eigenvalue weighted by atomic mass is 16.3. The molecule has 0 aliphatic heterocycles. The minimum Gasteiger partial charge on any atom is -0.384 e. The lowest BCUT2D eigenvalue weighted by molar-refractivity contribution is -0.128. The minimum atomic E-state index is -0.883. The van der Waals surface area contributed by atoms with Crippen molar-refractivity contribution >= 4 is 5.91 Å². The summed E-state index contributed by atoms with van der Waals surface area (Å²) in [5, 5.41) is 11.8. The van der Waals surface area contributed by atoms with Crippen molar-refractivity contribution in [2.45, 2.75) is 123 Å². The lowest BCUT2D eigenvalue weighted by Crippen LogP contribution is -2.33. The van der Waals surface area contributed by atoms with Gasteiger partial charge in [-0.2, -0.15) is 0 Å². The Bertz CT molecular complexity index is 267. The predicted molar refractivity (Wildman–Crippen MR) is 104 cm³/mol. The molecule has 0 spiro atoms. The molecular formula is C21H43NO2. The summed E-state index contributed by atoms with van der Waals surface area (Å²) < 4.78 is 0. The fourth-order valence-electron chi connectivity index (χ4n) is 3.03. The number of rotatable bonds is 18. The molecule has 3 heteroatoms. The van der Waals surface area contributed by atoms with Crippen LogP contribution in [-0.2, 0) is 4.79 Å². The highest BCUT2D eigenvalue weighted by Crippen LogP contribution is 2.13. The fourth-order valence-corrected chi connectivity index (χ4v) is 3.03. The zero-order valence-electron chi connectivity index (χ0n) is 16.5. The Morgan fingerprint density at radius 1 is 0.708 bits per heavy atom. The van der Waals surface area contributed by atoms with Crippen LogP contribution < -0.4 is 5.32 Å². The lowest BCUT2D eigenvalue weighted by atomic mass is 10.0. The predicted octanol–water partition coefficient (Wildman–Crippen LogP) is 5.74. The van der Waals surface area contributed by atoms with Crippen molar-refractivity contribution in [3.8, 4) is 0 Å². The van der Waals surface area contributed by atoms with Crippen molar-refractivity contribution in [3.63, 3.8) is 0 Å². The molecule has 0 rings (SSSR count). The van der Waals surface area contributed by atoms with Crippen LogP contribution in [0.25, 0.3) is 0 Å². The van der Waals surface area contributed by atoms with Crippen LogP contribution in [0.1, 0.15) is 117 Å². The van der Waals surface area contributed by atoms with Gasteiger partial charge in [-0.3, -0.25) is 4.79 Å². The van der Waals surface area contributed by atoms with Crippen LogP contribution >= 0.6 is 0 Å². The molecule has 0 aliphatic rings. The molecular weight excluding hydrogens is 298 g/mol. The van der Waals surface area contributed by atoms with E-state index in [2.05, 4.69) is 12.2 Å². The molecule has 1 atom stereocenters. The lowest BCUT2D eigenvalue weighted by Gasteiger charge is -2.06. The van der Waals surface area contributed by atoms with E-state index in [0.717, 1.165) is 6.42 Å². The molecule has 24 heavy (non-hydrogen) atoms. The largest absolute Gasteiger partial charge is 0.384 e. The van der Waals surface area contributed by atoms with E-state index in [-0.39, 0.29) is 5.91 Å². The van der Waals surface area contributed by atoms with E-state index in [4.69, 9.17) is 5.11 Å². The summed E-state index contributed by atoms with van der Waals surface area (Å²) in [7, 11) is 0. The third-order valence-electron chi connectivity index (χ3n) is 4.71. The zero-order valence-corrected chi connectivity index (χ0v) is 16.5. The monoisotopic (exact) mass is 341 g/mol. The smallest absolute Gasteiger partial charge is 0.248 e. The number of aliphatic hydroxyl groups is 1. The van der Waals surface area contributed by atoms with Crippen LogP contribution in [0.2, 0.25) is 0 Å². The maximum Gasteiger partial charge on any atom is 0.248 e. The number of aliphatic hydroxyl groups excluding tert-OH is 1. The highest BCUT2D eigenvalue weighted by Gasteiger charge is 2.06. The molecule has 0 aromatic carbocycles. The second-order valence-electron chi connectivity index (χ2n) is 7.27. The molecule has 0 aliphatic carbocycles. The van der Waals surface area contributed by atoms with Gasteiger partial charge in [0, 0.05) is 6.54 Å². The summed E-state index contributed by atoms with van der Waals surface area (Å²) in [6.07, 6.45) is 20.8. The summed E-state index contributed by atoms with van der Waals surface area (Å²) >= 11 is 0. The Labute approximate surface area is 151 Å². The van der Waals surface area contributed by atoms with Gasteiger partial charge in [-0.15, -0.1) is 0 Å². The van der Waals surface area contributed by atoms with Gasteiger partial charge >= 0.3 is 0 Å². The first kappa shape index (κ1) is 23.4. The van der Waals surface area contributed by atoms with E-state index in [1.807, 2.05) is 0 Å². The molecule has 0 heterocycles. The van der Waals surface area contributed by atoms with Gasteiger partial charge in [-0.1, -0.05) is 103 Å². The van der Waals surface area contributed by atoms with Crippen LogP contribution in [0.5, 0.6) is 0 Å². The number of unbranched alkanes of at least 4 members (excludes halogenated alkanes) is 15. The average molecular weight is 342 g/mol. The number of amides is 1. The summed E-state index contributed by atoms with van der Waals surface area (Å²) in [6, 6.07) is 0. The van der Waals surface area contributed by atoms with Gasteiger partial charge in [0.15, 0.2) is 0 Å². The molecule has 1 amide bonds. The Kier molecular flexibility index (Phi) is 18.3. The average Bonchev–Trinajstić information content (AvgIpc) is 2.57. The van der Waals surface area contributed by atoms with E-state index in [1.54, 1.807) is 0 Å². The Morgan fingerprint density at radius 2 is 1.04 bits per heavy atom. The number of hydrogen-bond donors (Lipinski definition) is 2. The van der Waals surface area contributed by atoms with Crippen molar-refractivity contribution in [2.75, 3.05) is 6.54 Å². The van der Waals surface area contributed by atoms with E-state index in [9.17, 15) is 4.79 Å². The summed E-state index contributed by atoms with van der Waals surface area (Å²) in [4.78, 5) is 11.1. The van der Waals surface area contributed by atoms with Crippen LogP contribution in [0.4, 0.5) is 0 Å². The SMILES string of the molecule is CCCCCCCCCCCCCCCCCCNC(=O)C(C)O. The standard InChI is InChI=1S/C21H43NO2/c1-3-4-5-6-7-8-9-10-11-12-13-14-15-16-17-18-19-22-21(24)20(2)23/h20,23H,3-19H2,1-2H3,(H,22,24). The molecule has 0 aromatic heterocycles. The van der Waals surface area contributed by atoms with Gasteiger partial charge in [-0.25, -0.2) is 0 Å². The first-order valence-corrected chi connectivity index (χ1v) is 10.6. The van der Waals surface area contributed by atoms with Gasteiger partial charge in [0.05, 0.1) is 0 Å². The van der Waals surface area contributed by atoms with Gasteiger partial charge in [0.2, 0.25) is 5.91 Å². The number of carbonyl (C=O) groups is 1. The Hall–Kier alpha value is -0.570. The molecule has 0 fully saturated rings. The van der Waals surface area contributed by atoms with E-state index in [0.29, 0.717) is 6.54 Å². The first-order valence-electron chi connectivity index (χ1n) is 10.6. The maximum absolute atomic E-state index is 11.1. The molecule has 1 unspecified atom stereocenters. The van der Waals surface area contributed by atoms with Gasteiger partial charge < -0.3 is 10.4 Å². The van der Waals surface area contributed by atoms with Gasteiger partial charge in [0.1, 0.15) is 6.10 Å². The van der Waals surface area contributed by atoms with Crippen molar-refractivity contribution < 1.29 is 9.90 Å². The van der Waals surface area contributed by atoms with Gasteiger partial charge in [-0.05, 0) is 13.3 Å². The van der Waals surface area contributed by atoms with E-state index in [1.165, 1.54) is 103 Å². The molecule has 0 bridgehead atoms. The minimum absolute atomic E-state index is 0.254. The first-order chi connectivity index (χ1) is 11.7. The second-order valence-corrected chi connectivity index (χ2v) is 7.27. The topological polar surface area (TPSA) is 49.3 Å². The second kappa shape index (κ2) is 18.8. The summed E-state index contributed by atoms with van der Waals surface area (Å²) in [5.41, 5.74) is 0. The summed E-state index contributed by atoms with van der Waals surface area (Å²) in [5.74, 6) is -0.254. The fraction of sp³-hybridized carbons (Fsp3) is 0.952. The molecule has 144 valence electrons.